The number of aryl methyl sites for hydroxylation is 1. The Labute approximate surface area is 126 Å². The van der Waals surface area contributed by atoms with Gasteiger partial charge in [-0.3, -0.25) is 4.98 Å². The second kappa shape index (κ2) is 5.35. The molecule has 1 N–H and O–H groups in total. The van der Waals surface area contributed by atoms with Gasteiger partial charge in [-0.25, -0.2) is 0 Å². The summed E-state index contributed by atoms with van der Waals surface area (Å²) in [6.07, 6.45) is 2.86. The van der Waals surface area contributed by atoms with Crippen LogP contribution in [0.1, 0.15) is 22.8 Å². The van der Waals surface area contributed by atoms with Gasteiger partial charge in [-0.2, -0.15) is 0 Å². The maximum Gasteiger partial charge on any atom is 0.107 e. The number of pyridine rings is 1. The third-order valence-electron chi connectivity index (χ3n) is 3.51. The molecule has 3 rings (SSSR count). The molecule has 2 aromatic carbocycles. The molecule has 0 aliphatic heterocycles. The first-order valence-electron chi connectivity index (χ1n) is 6.44. The van der Waals surface area contributed by atoms with Crippen molar-refractivity contribution < 1.29 is 5.11 Å². The zero-order chi connectivity index (χ0) is 14.1. The predicted molar refractivity (Wildman–Crippen MR) is 84.7 cm³/mol. The quantitative estimate of drug-likeness (QED) is 0.757. The molecule has 0 amide bonds. The molecule has 1 unspecified atom stereocenters. The smallest absolute Gasteiger partial charge is 0.107 e. The van der Waals surface area contributed by atoms with E-state index >= 15 is 0 Å². The van der Waals surface area contributed by atoms with E-state index in [2.05, 4.69) is 20.9 Å². The summed E-state index contributed by atoms with van der Waals surface area (Å²) in [4.78, 5) is 4.24. The third kappa shape index (κ3) is 2.23. The van der Waals surface area contributed by atoms with Gasteiger partial charge in [0.2, 0.25) is 0 Å². The fourth-order valence-electron chi connectivity index (χ4n) is 2.41. The molecular formula is C17H14BrNO. The highest BCUT2D eigenvalue weighted by Gasteiger charge is 2.17. The Morgan fingerprint density at radius 1 is 1.00 bits per heavy atom. The number of aliphatic hydroxyl groups excluding tert-OH is 1. The van der Waals surface area contributed by atoms with Gasteiger partial charge in [0.25, 0.3) is 0 Å². The largest absolute Gasteiger partial charge is 0.384 e. The van der Waals surface area contributed by atoms with Crippen LogP contribution < -0.4 is 0 Å². The van der Waals surface area contributed by atoms with Crippen molar-refractivity contribution in [3.63, 3.8) is 0 Å². The van der Waals surface area contributed by atoms with Crippen LogP contribution in [0.25, 0.3) is 10.8 Å². The van der Waals surface area contributed by atoms with Crippen molar-refractivity contribution in [1.29, 1.82) is 0 Å². The molecular weight excluding hydrogens is 314 g/mol. The summed E-state index contributed by atoms with van der Waals surface area (Å²) in [5.74, 6) is 0. The zero-order valence-corrected chi connectivity index (χ0v) is 12.6. The summed E-state index contributed by atoms with van der Waals surface area (Å²) in [6.45, 7) is 2.02. The molecule has 0 radical (unpaired) electrons. The highest BCUT2D eigenvalue weighted by Crippen LogP contribution is 2.33. The summed E-state index contributed by atoms with van der Waals surface area (Å²) in [6, 6.07) is 13.9. The molecule has 0 bridgehead atoms. The Hall–Kier alpha value is -1.71. The molecule has 0 aliphatic carbocycles. The van der Waals surface area contributed by atoms with Crippen LogP contribution in [0.4, 0.5) is 0 Å². The van der Waals surface area contributed by atoms with Crippen LogP contribution in [0, 0.1) is 6.92 Å². The van der Waals surface area contributed by atoms with Crippen molar-refractivity contribution in [1.82, 2.24) is 4.98 Å². The normalized spacial score (nSPS) is 12.6. The van der Waals surface area contributed by atoms with Gasteiger partial charge in [-0.15, -0.1) is 0 Å². The van der Waals surface area contributed by atoms with Gasteiger partial charge in [0.05, 0.1) is 0 Å². The van der Waals surface area contributed by atoms with E-state index in [0.717, 1.165) is 31.9 Å². The lowest BCUT2D eigenvalue weighted by molar-refractivity contribution is 0.220. The minimum atomic E-state index is -0.692. The SMILES string of the molecule is Cc1cccc(C(O)c2cncc3ccccc23)c1Br. The number of benzene rings is 2. The fourth-order valence-corrected chi connectivity index (χ4v) is 2.89. The van der Waals surface area contributed by atoms with Crippen molar-refractivity contribution in [3.8, 4) is 0 Å². The third-order valence-corrected chi connectivity index (χ3v) is 4.59. The first-order valence-corrected chi connectivity index (χ1v) is 7.23. The summed E-state index contributed by atoms with van der Waals surface area (Å²) in [5.41, 5.74) is 2.80. The van der Waals surface area contributed by atoms with Crippen molar-refractivity contribution in [3.05, 3.63) is 76.0 Å². The molecule has 0 saturated heterocycles. The number of hydrogen-bond donors (Lipinski definition) is 1. The molecule has 1 heterocycles. The number of halogens is 1. The van der Waals surface area contributed by atoms with E-state index in [1.54, 1.807) is 6.20 Å². The zero-order valence-electron chi connectivity index (χ0n) is 11.0. The number of aliphatic hydroxyl groups is 1. The molecule has 0 saturated carbocycles. The molecule has 2 nitrogen and oxygen atoms in total. The molecule has 1 atom stereocenters. The van der Waals surface area contributed by atoms with Crippen molar-refractivity contribution in [2.24, 2.45) is 0 Å². The Bertz CT molecular complexity index is 765. The molecule has 3 aromatic rings. The number of nitrogens with zero attached hydrogens (tertiary/aromatic N) is 1. The van der Waals surface area contributed by atoms with Crippen molar-refractivity contribution in [2.75, 3.05) is 0 Å². The topological polar surface area (TPSA) is 33.1 Å². The Kier molecular flexibility index (Phi) is 3.55. The van der Waals surface area contributed by atoms with E-state index in [1.807, 2.05) is 55.6 Å². The minimum Gasteiger partial charge on any atom is -0.384 e. The average molecular weight is 328 g/mol. The van der Waals surface area contributed by atoms with Crippen LogP contribution in [0.2, 0.25) is 0 Å². The van der Waals surface area contributed by atoms with Crippen LogP contribution in [0.15, 0.2) is 59.3 Å². The van der Waals surface area contributed by atoms with Crippen molar-refractivity contribution in [2.45, 2.75) is 13.0 Å². The lowest BCUT2D eigenvalue weighted by atomic mass is 9.97. The molecule has 0 fully saturated rings. The standard InChI is InChI=1S/C17H14BrNO/c1-11-5-4-8-14(16(11)18)17(20)15-10-19-9-12-6-2-3-7-13(12)15/h2-10,17,20H,1H3. The molecule has 1 aromatic heterocycles. The number of hydrogen-bond acceptors (Lipinski definition) is 2. The lowest BCUT2D eigenvalue weighted by Crippen LogP contribution is -2.03. The van der Waals surface area contributed by atoms with Gasteiger partial charge in [0.15, 0.2) is 0 Å². The number of rotatable bonds is 2. The van der Waals surface area contributed by atoms with Gasteiger partial charge < -0.3 is 5.11 Å². The highest BCUT2D eigenvalue weighted by molar-refractivity contribution is 9.10. The van der Waals surface area contributed by atoms with E-state index in [4.69, 9.17) is 0 Å². The minimum absolute atomic E-state index is 0.692. The van der Waals surface area contributed by atoms with E-state index in [-0.39, 0.29) is 0 Å². The Morgan fingerprint density at radius 3 is 2.65 bits per heavy atom. The van der Waals surface area contributed by atoms with Crippen LogP contribution in [-0.2, 0) is 0 Å². The Balaban J connectivity index is 2.18. The summed E-state index contributed by atoms with van der Waals surface area (Å²) < 4.78 is 0.945. The second-order valence-electron chi connectivity index (χ2n) is 4.83. The van der Waals surface area contributed by atoms with E-state index < -0.39 is 6.10 Å². The summed E-state index contributed by atoms with van der Waals surface area (Å²) in [5, 5.41) is 12.8. The maximum absolute atomic E-state index is 10.7. The van der Waals surface area contributed by atoms with Gasteiger partial charge >= 0.3 is 0 Å². The van der Waals surface area contributed by atoms with E-state index in [1.165, 1.54) is 0 Å². The first-order chi connectivity index (χ1) is 9.68. The van der Waals surface area contributed by atoms with E-state index in [9.17, 15) is 5.11 Å². The molecule has 3 heteroatoms. The number of aromatic nitrogens is 1. The average Bonchev–Trinajstić information content (AvgIpc) is 2.49. The second-order valence-corrected chi connectivity index (χ2v) is 5.62. The first kappa shape index (κ1) is 13.3. The lowest BCUT2D eigenvalue weighted by Gasteiger charge is -2.16. The summed E-state index contributed by atoms with van der Waals surface area (Å²) >= 11 is 3.56. The summed E-state index contributed by atoms with van der Waals surface area (Å²) in [7, 11) is 0. The van der Waals surface area contributed by atoms with Crippen LogP contribution in [0.5, 0.6) is 0 Å². The van der Waals surface area contributed by atoms with Crippen LogP contribution in [0.3, 0.4) is 0 Å². The van der Waals surface area contributed by atoms with Crippen molar-refractivity contribution >= 4 is 26.7 Å². The van der Waals surface area contributed by atoms with Crippen LogP contribution >= 0.6 is 15.9 Å². The van der Waals surface area contributed by atoms with Gasteiger partial charge in [-0.05, 0) is 23.4 Å². The molecule has 0 spiro atoms. The number of fused-ring (bicyclic) bond motifs is 1. The van der Waals surface area contributed by atoms with E-state index in [0.29, 0.717) is 0 Å². The van der Waals surface area contributed by atoms with Gasteiger partial charge in [0.1, 0.15) is 6.10 Å². The highest BCUT2D eigenvalue weighted by atomic mass is 79.9. The molecule has 0 aliphatic rings. The molecule has 100 valence electrons. The monoisotopic (exact) mass is 327 g/mol. The van der Waals surface area contributed by atoms with Crippen LogP contribution in [-0.4, -0.2) is 10.1 Å². The van der Waals surface area contributed by atoms with Gasteiger partial charge in [-0.1, -0.05) is 58.4 Å². The fraction of sp³-hybridized carbons (Fsp3) is 0.118. The van der Waals surface area contributed by atoms with Gasteiger partial charge in [0, 0.05) is 27.8 Å². The predicted octanol–water partition coefficient (Wildman–Crippen LogP) is 4.39. The Morgan fingerprint density at radius 2 is 1.80 bits per heavy atom. The maximum atomic E-state index is 10.7. The molecule has 20 heavy (non-hydrogen) atoms.